The van der Waals surface area contributed by atoms with Gasteiger partial charge in [0.15, 0.2) is 0 Å². The average molecular weight is 507 g/mol. The van der Waals surface area contributed by atoms with Gasteiger partial charge in [0.2, 0.25) is 0 Å². The van der Waals surface area contributed by atoms with Gasteiger partial charge in [-0.2, -0.15) is 0 Å². The van der Waals surface area contributed by atoms with E-state index in [1.807, 2.05) is 0 Å². The van der Waals surface area contributed by atoms with Gasteiger partial charge in [-0.1, -0.05) is 82.3 Å². The standard InChI is InChI=1S/C22H24N2O8S2/c25-19(26)17(23-21(29)31-11-15-7-3-1-4-8-15)13-33-34-14-18(20(27)28)24-22(30)32-12-16-9-5-2-6-10-16/h1-10,17-18H,11-14H2,(H,23,29)(H,24,30)(H,25,26)(H,27,28)/p-2/t17-,18+. The third-order valence-corrected chi connectivity index (χ3v) is 6.55. The minimum atomic E-state index is -1.52. The number of ether oxygens (including phenoxy) is 2. The van der Waals surface area contributed by atoms with E-state index < -0.39 is 36.2 Å². The van der Waals surface area contributed by atoms with E-state index in [9.17, 15) is 29.4 Å². The van der Waals surface area contributed by atoms with Crippen LogP contribution in [0.15, 0.2) is 60.7 Å². The van der Waals surface area contributed by atoms with E-state index in [2.05, 4.69) is 10.6 Å². The zero-order valence-corrected chi connectivity index (χ0v) is 19.5. The number of rotatable bonds is 13. The van der Waals surface area contributed by atoms with Gasteiger partial charge in [-0.3, -0.25) is 0 Å². The molecule has 182 valence electrons. The van der Waals surface area contributed by atoms with Crippen molar-refractivity contribution in [3.8, 4) is 0 Å². The van der Waals surface area contributed by atoms with E-state index in [1.165, 1.54) is 0 Å². The highest BCUT2D eigenvalue weighted by Crippen LogP contribution is 2.23. The molecule has 0 spiro atoms. The Labute approximate surface area is 203 Å². The van der Waals surface area contributed by atoms with Crippen LogP contribution in [0.4, 0.5) is 9.59 Å². The molecule has 2 N–H and O–H groups in total. The first kappa shape index (κ1) is 26.9. The minimum Gasteiger partial charge on any atom is -0.548 e. The van der Waals surface area contributed by atoms with Crippen molar-refractivity contribution >= 4 is 45.7 Å². The number of nitrogens with one attached hydrogen (secondary N) is 2. The molecule has 10 nitrogen and oxygen atoms in total. The number of carbonyl (C=O) groups excluding carboxylic acids is 4. The van der Waals surface area contributed by atoms with E-state index in [0.717, 1.165) is 32.7 Å². The lowest BCUT2D eigenvalue weighted by atomic mass is 10.2. The van der Waals surface area contributed by atoms with E-state index in [-0.39, 0.29) is 24.7 Å². The lowest BCUT2D eigenvalue weighted by Crippen LogP contribution is -2.50. The number of carboxylic acid groups (broad SMARTS) is 2. The van der Waals surface area contributed by atoms with Crippen molar-refractivity contribution in [1.29, 1.82) is 0 Å². The summed E-state index contributed by atoms with van der Waals surface area (Å²) in [7, 11) is 1.94. The second kappa shape index (κ2) is 14.7. The topological polar surface area (TPSA) is 157 Å². The molecule has 0 radical (unpaired) electrons. The SMILES string of the molecule is O=C(N[C@@H](CSSC[C@@H](NC(=O)OCc1ccccc1)C(=O)[O-])C(=O)[O-])OCc1ccccc1. The largest absolute Gasteiger partial charge is 0.548 e. The summed E-state index contributed by atoms with van der Waals surface area (Å²) in [6.45, 7) is -0.0681. The normalized spacial score (nSPS) is 12.1. The molecule has 2 amide bonds. The second-order valence-corrected chi connectivity index (χ2v) is 9.28. The lowest BCUT2D eigenvalue weighted by Gasteiger charge is -2.21. The van der Waals surface area contributed by atoms with Crippen LogP contribution in [0.2, 0.25) is 0 Å². The third-order valence-electron chi connectivity index (χ3n) is 4.13. The van der Waals surface area contributed by atoms with Crippen LogP contribution in [0.5, 0.6) is 0 Å². The van der Waals surface area contributed by atoms with Gasteiger partial charge in [0.1, 0.15) is 13.2 Å². The van der Waals surface area contributed by atoms with Gasteiger partial charge in [-0.15, -0.1) is 0 Å². The Kier molecular flexibility index (Phi) is 11.6. The molecule has 12 heteroatoms. The minimum absolute atomic E-state index is 0.0341. The lowest BCUT2D eigenvalue weighted by molar-refractivity contribution is -0.308. The van der Waals surface area contributed by atoms with Crippen molar-refractivity contribution in [3.05, 3.63) is 71.8 Å². The highest BCUT2D eigenvalue weighted by atomic mass is 33.1. The molecule has 0 aliphatic heterocycles. The molecule has 0 unspecified atom stereocenters. The number of amides is 2. The molecule has 0 saturated heterocycles. The van der Waals surface area contributed by atoms with Crippen molar-refractivity contribution < 1.29 is 38.9 Å². The molecule has 0 fully saturated rings. The molecule has 2 atom stereocenters. The van der Waals surface area contributed by atoms with Crippen molar-refractivity contribution in [2.45, 2.75) is 25.3 Å². The van der Waals surface area contributed by atoms with Crippen LogP contribution < -0.4 is 20.8 Å². The summed E-state index contributed by atoms with van der Waals surface area (Å²) in [6, 6.07) is 14.9. The van der Waals surface area contributed by atoms with Crippen LogP contribution in [0, 0.1) is 0 Å². The monoisotopic (exact) mass is 506 g/mol. The van der Waals surface area contributed by atoms with E-state index >= 15 is 0 Å². The van der Waals surface area contributed by atoms with Gasteiger partial charge in [0.25, 0.3) is 0 Å². The molecular formula is C22H22N2O8S2-2. The third kappa shape index (κ3) is 10.5. The van der Waals surface area contributed by atoms with Gasteiger partial charge in [0.05, 0.1) is 24.0 Å². The molecule has 2 rings (SSSR count). The number of carbonyl (C=O) groups is 4. The summed E-state index contributed by atoms with van der Waals surface area (Å²) in [5.41, 5.74) is 1.46. The molecule has 0 aliphatic carbocycles. The fraction of sp³-hybridized carbons (Fsp3) is 0.273. The summed E-state index contributed by atoms with van der Waals surface area (Å²) < 4.78 is 9.96. The van der Waals surface area contributed by atoms with E-state index in [4.69, 9.17) is 9.47 Å². The summed E-state index contributed by atoms with van der Waals surface area (Å²) in [4.78, 5) is 46.3. The molecule has 2 aromatic rings. The number of hydrogen-bond acceptors (Lipinski definition) is 10. The Morgan fingerprint density at radius 2 is 1.03 bits per heavy atom. The van der Waals surface area contributed by atoms with Crippen LogP contribution in [0.3, 0.4) is 0 Å². The van der Waals surface area contributed by atoms with Gasteiger partial charge < -0.3 is 39.9 Å². The number of hydrogen-bond donors (Lipinski definition) is 2. The number of aliphatic carboxylic acids is 2. The summed E-state index contributed by atoms with van der Waals surface area (Å²) in [6.07, 6.45) is -1.86. The van der Waals surface area contributed by atoms with Gasteiger partial charge in [-0.05, 0) is 11.1 Å². The Bertz CT molecular complexity index is 869. The smallest absolute Gasteiger partial charge is 0.408 e. The van der Waals surface area contributed by atoms with Crippen LogP contribution in [-0.4, -0.2) is 47.7 Å². The van der Waals surface area contributed by atoms with Crippen LogP contribution in [-0.2, 0) is 32.3 Å². The van der Waals surface area contributed by atoms with Crippen molar-refractivity contribution in [1.82, 2.24) is 10.6 Å². The predicted octanol–water partition coefficient (Wildman–Crippen LogP) is 0.458. The molecule has 0 aromatic heterocycles. The maximum Gasteiger partial charge on any atom is 0.408 e. The fourth-order valence-corrected chi connectivity index (χ4v) is 4.68. The van der Waals surface area contributed by atoms with Crippen molar-refractivity contribution in [2.24, 2.45) is 0 Å². The molecular weight excluding hydrogens is 484 g/mol. The van der Waals surface area contributed by atoms with E-state index in [1.54, 1.807) is 60.7 Å². The Morgan fingerprint density at radius 1 is 0.676 bits per heavy atom. The Hall–Kier alpha value is -3.38. The first-order chi connectivity index (χ1) is 16.3. The van der Waals surface area contributed by atoms with Gasteiger partial charge in [0, 0.05) is 11.5 Å². The highest BCUT2D eigenvalue weighted by molar-refractivity contribution is 8.76. The summed E-state index contributed by atoms with van der Waals surface area (Å²) in [5.74, 6) is -3.32. The zero-order chi connectivity index (χ0) is 24.8. The van der Waals surface area contributed by atoms with E-state index in [0.29, 0.717) is 0 Å². The average Bonchev–Trinajstić information content (AvgIpc) is 2.83. The van der Waals surface area contributed by atoms with Crippen molar-refractivity contribution in [2.75, 3.05) is 11.5 Å². The molecule has 0 saturated carbocycles. The zero-order valence-electron chi connectivity index (χ0n) is 17.8. The number of benzene rings is 2. The summed E-state index contributed by atoms with van der Waals surface area (Å²) >= 11 is 0. The molecule has 2 aromatic carbocycles. The van der Waals surface area contributed by atoms with Crippen LogP contribution in [0.1, 0.15) is 11.1 Å². The number of carboxylic acids is 2. The molecule has 0 aliphatic rings. The Morgan fingerprint density at radius 3 is 1.35 bits per heavy atom. The van der Waals surface area contributed by atoms with Gasteiger partial charge >= 0.3 is 12.2 Å². The Balaban J connectivity index is 1.71. The number of alkyl carbamates (subject to hydrolysis) is 2. The maximum absolute atomic E-state index is 11.9. The molecule has 0 bridgehead atoms. The second-order valence-electron chi connectivity index (χ2n) is 6.72. The quantitative estimate of drug-likeness (QED) is 0.289. The fourth-order valence-electron chi connectivity index (χ4n) is 2.38. The maximum atomic E-state index is 11.9. The summed E-state index contributed by atoms with van der Waals surface area (Å²) in [5, 5.41) is 27.0. The predicted molar refractivity (Wildman–Crippen MR) is 122 cm³/mol. The van der Waals surface area contributed by atoms with Crippen LogP contribution in [0.25, 0.3) is 0 Å². The first-order valence-electron chi connectivity index (χ1n) is 9.95. The molecule has 34 heavy (non-hydrogen) atoms. The van der Waals surface area contributed by atoms with Crippen molar-refractivity contribution in [3.63, 3.8) is 0 Å². The highest BCUT2D eigenvalue weighted by Gasteiger charge is 2.18. The van der Waals surface area contributed by atoms with Crippen LogP contribution >= 0.6 is 21.6 Å². The molecule has 0 heterocycles. The van der Waals surface area contributed by atoms with Gasteiger partial charge in [-0.25, -0.2) is 9.59 Å². The first-order valence-corrected chi connectivity index (χ1v) is 12.4.